The first kappa shape index (κ1) is 14.6. The van der Waals surface area contributed by atoms with Crippen LogP contribution in [0.5, 0.6) is 0 Å². The van der Waals surface area contributed by atoms with Crippen molar-refractivity contribution >= 4 is 33.9 Å². The molecule has 21 heavy (non-hydrogen) atoms. The van der Waals surface area contributed by atoms with Gasteiger partial charge in [0.25, 0.3) is 0 Å². The van der Waals surface area contributed by atoms with Crippen LogP contribution in [0.25, 0.3) is 11.0 Å². The molecule has 1 atom stereocenters. The van der Waals surface area contributed by atoms with E-state index in [0.29, 0.717) is 0 Å². The summed E-state index contributed by atoms with van der Waals surface area (Å²) in [5.41, 5.74) is 2.17. The summed E-state index contributed by atoms with van der Waals surface area (Å²) in [6, 6.07) is 12.5. The maximum absolute atomic E-state index is 6.09. The third kappa shape index (κ3) is 3.15. The highest BCUT2D eigenvalue weighted by Crippen LogP contribution is 2.34. The van der Waals surface area contributed by atoms with E-state index in [9.17, 15) is 0 Å². The Morgan fingerprint density at radius 2 is 2.10 bits per heavy atom. The number of fused-ring (bicyclic) bond motifs is 1. The van der Waals surface area contributed by atoms with Crippen LogP contribution in [0, 0.1) is 6.92 Å². The van der Waals surface area contributed by atoms with Crippen LogP contribution < -0.4 is 5.32 Å². The molecule has 2 aromatic heterocycles. The fraction of sp³-hybridized carbons (Fsp3) is 0.294. The topological polar surface area (TPSA) is 25.2 Å². The first-order valence-corrected chi connectivity index (χ1v) is 8.35. The van der Waals surface area contributed by atoms with E-state index in [0.717, 1.165) is 34.0 Å². The van der Waals surface area contributed by atoms with Crippen LogP contribution in [0.1, 0.15) is 35.6 Å². The Bertz CT molecular complexity index is 746. The molecule has 0 aliphatic heterocycles. The number of rotatable bonds is 5. The van der Waals surface area contributed by atoms with Gasteiger partial charge in [0.15, 0.2) is 0 Å². The first-order valence-electron chi connectivity index (χ1n) is 7.16. The largest absolute Gasteiger partial charge is 0.459 e. The summed E-state index contributed by atoms with van der Waals surface area (Å²) < 4.78 is 6.85. The zero-order valence-corrected chi connectivity index (χ0v) is 13.7. The second kappa shape index (κ2) is 6.22. The van der Waals surface area contributed by atoms with E-state index in [1.165, 1.54) is 10.4 Å². The highest BCUT2D eigenvalue weighted by atomic mass is 35.5. The van der Waals surface area contributed by atoms with Crippen LogP contribution in [0.4, 0.5) is 0 Å². The second-order valence-corrected chi connectivity index (χ2v) is 6.97. The minimum Gasteiger partial charge on any atom is -0.459 e. The SMILES string of the molecule is CCCNC(c1cc2cc(C)ccc2o1)c1ccc(Cl)s1. The van der Waals surface area contributed by atoms with Crippen molar-refractivity contribution in [2.75, 3.05) is 6.54 Å². The molecule has 0 saturated heterocycles. The van der Waals surface area contributed by atoms with Gasteiger partial charge in [-0.1, -0.05) is 30.2 Å². The van der Waals surface area contributed by atoms with Gasteiger partial charge in [0.05, 0.1) is 4.34 Å². The quantitative estimate of drug-likeness (QED) is 0.667. The molecule has 0 spiro atoms. The van der Waals surface area contributed by atoms with E-state index in [4.69, 9.17) is 16.0 Å². The van der Waals surface area contributed by atoms with Gasteiger partial charge >= 0.3 is 0 Å². The van der Waals surface area contributed by atoms with Crippen molar-refractivity contribution in [3.63, 3.8) is 0 Å². The van der Waals surface area contributed by atoms with Crippen LogP contribution in [0.3, 0.4) is 0 Å². The minimum atomic E-state index is 0.0650. The first-order chi connectivity index (χ1) is 10.2. The van der Waals surface area contributed by atoms with Crippen molar-refractivity contribution in [3.8, 4) is 0 Å². The van der Waals surface area contributed by atoms with E-state index >= 15 is 0 Å². The predicted octanol–water partition coefficient (Wildman–Crippen LogP) is 5.55. The molecule has 2 nitrogen and oxygen atoms in total. The zero-order chi connectivity index (χ0) is 14.8. The molecule has 3 rings (SSSR count). The number of nitrogens with one attached hydrogen (secondary N) is 1. The Kier molecular flexibility index (Phi) is 4.34. The van der Waals surface area contributed by atoms with E-state index in [2.05, 4.69) is 43.4 Å². The van der Waals surface area contributed by atoms with E-state index in [-0.39, 0.29) is 6.04 Å². The molecule has 0 radical (unpaired) electrons. The normalized spacial score (nSPS) is 12.9. The molecular weight excluding hydrogens is 302 g/mol. The number of thiophene rings is 1. The Hall–Kier alpha value is -1.29. The summed E-state index contributed by atoms with van der Waals surface area (Å²) in [5.74, 6) is 0.947. The average molecular weight is 320 g/mol. The highest BCUT2D eigenvalue weighted by Gasteiger charge is 2.19. The van der Waals surface area contributed by atoms with Crippen molar-refractivity contribution < 1.29 is 4.42 Å². The third-order valence-corrected chi connectivity index (χ3v) is 4.75. The van der Waals surface area contributed by atoms with Gasteiger partial charge < -0.3 is 9.73 Å². The highest BCUT2D eigenvalue weighted by molar-refractivity contribution is 7.16. The molecule has 0 saturated carbocycles. The Labute approximate surface area is 133 Å². The van der Waals surface area contributed by atoms with E-state index in [1.54, 1.807) is 11.3 Å². The molecule has 110 valence electrons. The molecule has 4 heteroatoms. The van der Waals surface area contributed by atoms with Crippen LogP contribution in [-0.4, -0.2) is 6.54 Å². The molecule has 0 aliphatic carbocycles. The van der Waals surface area contributed by atoms with Gasteiger partial charge in [0.2, 0.25) is 0 Å². The number of hydrogen-bond acceptors (Lipinski definition) is 3. The summed E-state index contributed by atoms with van der Waals surface area (Å²) in [4.78, 5) is 1.18. The predicted molar refractivity (Wildman–Crippen MR) is 90.4 cm³/mol. The van der Waals surface area contributed by atoms with Crippen LogP contribution in [0.15, 0.2) is 40.8 Å². The fourth-order valence-electron chi connectivity index (χ4n) is 2.44. The molecule has 0 aliphatic rings. The van der Waals surface area contributed by atoms with Gasteiger partial charge in [-0.25, -0.2) is 0 Å². The maximum atomic E-state index is 6.09. The van der Waals surface area contributed by atoms with E-state index in [1.807, 2.05) is 12.1 Å². The van der Waals surface area contributed by atoms with Gasteiger partial charge in [-0.3, -0.25) is 0 Å². The van der Waals surface area contributed by atoms with Crippen molar-refractivity contribution in [2.24, 2.45) is 0 Å². The van der Waals surface area contributed by atoms with Crippen molar-refractivity contribution in [2.45, 2.75) is 26.3 Å². The third-order valence-electron chi connectivity index (χ3n) is 3.45. The molecule has 1 N–H and O–H groups in total. The van der Waals surface area contributed by atoms with Gasteiger partial charge in [0.1, 0.15) is 17.4 Å². The summed E-state index contributed by atoms with van der Waals surface area (Å²) >= 11 is 7.68. The second-order valence-electron chi connectivity index (χ2n) is 5.22. The lowest BCUT2D eigenvalue weighted by Gasteiger charge is -2.14. The Morgan fingerprint density at radius 3 is 2.81 bits per heavy atom. The molecule has 3 aromatic rings. The lowest BCUT2D eigenvalue weighted by molar-refractivity contribution is 0.473. The number of benzene rings is 1. The van der Waals surface area contributed by atoms with Gasteiger partial charge in [-0.2, -0.15) is 0 Å². The molecule has 0 bridgehead atoms. The molecular formula is C17H18ClNOS. The molecule has 2 heterocycles. The van der Waals surface area contributed by atoms with Crippen molar-refractivity contribution in [1.29, 1.82) is 0 Å². The molecule has 0 amide bonds. The summed E-state index contributed by atoms with van der Waals surface area (Å²) in [7, 11) is 0. The molecule has 0 fully saturated rings. The smallest absolute Gasteiger partial charge is 0.134 e. The van der Waals surface area contributed by atoms with Crippen LogP contribution in [0.2, 0.25) is 4.34 Å². The van der Waals surface area contributed by atoms with Crippen LogP contribution in [-0.2, 0) is 0 Å². The summed E-state index contributed by atoms with van der Waals surface area (Å²) in [6.45, 7) is 5.20. The number of aryl methyl sites for hydroxylation is 1. The summed E-state index contributed by atoms with van der Waals surface area (Å²) in [5, 5.41) is 4.70. The monoisotopic (exact) mass is 319 g/mol. The van der Waals surface area contributed by atoms with Crippen molar-refractivity contribution in [3.05, 3.63) is 56.9 Å². The van der Waals surface area contributed by atoms with Gasteiger partial charge in [-0.15, -0.1) is 11.3 Å². The maximum Gasteiger partial charge on any atom is 0.134 e. The zero-order valence-electron chi connectivity index (χ0n) is 12.2. The number of halogens is 1. The van der Waals surface area contributed by atoms with Crippen molar-refractivity contribution in [1.82, 2.24) is 5.32 Å². The van der Waals surface area contributed by atoms with Gasteiger partial charge in [-0.05, 0) is 50.2 Å². The molecule has 1 aromatic carbocycles. The molecule has 1 unspecified atom stereocenters. The van der Waals surface area contributed by atoms with Gasteiger partial charge in [0, 0.05) is 10.3 Å². The Morgan fingerprint density at radius 1 is 1.24 bits per heavy atom. The lowest BCUT2D eigenvalue weighted by Crippen LogP contribution is -2.21. The number of hydrogen-bond donors (Lipinski definition) is 1. The summed E-state index contributed by atoms with van der Waals surface area (Å²) in [6.07, 6.45) is 1.08. The lowest BCUT2D eigenvalue weighted by atomic mass is 10.1. The standard InChI is InChI=1S/C17H18ClNOS/c1-3-8-19-17(15-6-7-16(18)21-15)14-10-12-9-11(2)4-5-13(12)20-14/h4-7,9-10,17,19H,3,8H2,1-2H3. The average Bonchev–Trinajstić information content (AvgIpc) is 3.05. The number of furan rings is 1. The minimum absolute atomic E-state index is 0.0650. The van der Waals surface area contributed by atoms with E-state index < -0.39 is 0 Å². The fourth-order valence-corrected chi connectivity index (χ4v) is 3.58. The van der Waals surface area contributed by atoms with Crippen LogP contribution >= 0.6 is 22.9 Å². The Balaban J connectivity index is 2.00.